The lowest BCUT2D eigenvalue weighted by Gasteiger charge is -2.04. The lowest BCUT2D eigenvalue weighted by Crippen LogP contribution is -2.14. The van der Waals surface area contributed by atoms with Crippen LogP contribution in [0.2, 0.25) is 0 Å². The molecule has 0 saturated carbocycles. The first-order valence-corrected chi connectivity index (χ1v) is 4.85. The smallest absolute Gasteiger partial charge is 0.348 e. The molecule has 6 heteroatoms. The molecule has 92 valence electrons. The average Bonchev–Trinajstić information content (AvgIpc) is 2.26. The van der Waals surface area contributed by atoms with Crippen LogP contribution in [-0.4, -0.2) is 11.9 Å². The molecule has 0 bridgehead atoms. The van der Waals surface area contributed by atoms with Crippen LogP contribution in [0.15, 0.2) is 12.1 Å². The standard InChI is InChI=1S/C11H9F3O3/c1-2-3-8(15)17-11(16)6-4-5-7(12)10(14)9(6)13/h4-5H,2-3H2,1H3. The zero-order valence-electron chi connectivity index (χ0n) is 8.93. The highest BCUT2D eigenvalue weighted by Gasteiger charge is 2.21. The first-order valence-electron chi connectivity index (χ1n) is 4.85. The van der Waals surface area contributed by atoms with Gasteiger partial charge in [-0.1, -0.05) is 6.92 Å². The van der Waals surface area contributed by atoms with E-state index < -0.39 is 35.0 Å². The van der Waals surface area contributed by atoms with Gasteiger partial charge in [0.1, 0.15) is 0 Å². The Morgan fingerprint density at radius 3 is 2.41 bits per heavy atom. The second-order valence-electron chi connectivity index (χ2n) is 3.23. The Balaban J connectivity index is 2.90. The molecule has 1 aromatic carbocycles. The Labute approximate surface area is 95.2 Å². The van der Waals surface area contributed by atoms with Gasteiger partial charge in [-0.3, -0.25) is 4.79 Å². The average molecular weight is 246 g/mol. The van der Waals surface area contributed by atoms with E-state index in [0.717, 1.165) is 6.07 Å². The number of halogens is 3. The van der Waals surface area contributed by atoms with Gasteiger partial charge >= 0.3 is 11.9 Å². The van der Waals surface area contributed by atoms with Crippen LogP contribution in [0.3, 0.4) is 0 Å². The zero-order chi connectivity index (χ0) is 13.0. The Kier molecular flexibility index (Phi) is 4.25. The molecule has 0 aliphatic carbocycles. The summed E-state index contributed by atoms with van der Waals surface area (Å²) in [6.07, 6.45) is 0.434. The molecule has 0 fully saturated rings. The fourth-order valence-electron chi connectivity index (χ4n) is 1.10. The minimum absolute atomic E-state index is 0.0168. The van der Waals surface area contributed by atoms with Crippen molar-refractivity contribution in [3.8, 4) is 0 Å². The van der Waals surface area contributed by atoms with Gasteiger partial charge in [-0.25, -0.2) is 18.0 Å². The van der Waals surface area contributed by atoms with Crippen molar-refractivity contribution in [3.05, 3.63) is 35.1 Å². The first-order chi connectivity index (χ1) is 7.97. The van der Waals surface area contributed by atoms with Gasteiger partial charge in [0.05, 0.1) is 5.56 Å². The van der Waals surface area contributed by atoms with E-state index in [2.05, 4.69) is 4.74 Å². The highest BCUT2D eigenvalue weighted by atomic mass is 19.2. The van der Waals surface area contributed by atoms with E-state index in [1.165, 1.54) is 0 Å². The Morgan fingerprint density at radius 2 is 1.82 bits per heavy atom. The summed E-state index contributed by atoms with van der Waals surface area (Å²) in [5, 5.41) is 0. The molecular formula is C11H9F3O3. The minimum atomic E-state index is -1.78. The fourth-order valence-corrected chi connectivity index (χ4v) is 1.10. The number of esters is 2. The maximum atomic E-state index is 13.1. The third-order valence-corrected chi connectivity index (χ3v) is 1.92. The number of ether oxygens (including phenoxy) is 1. The number of hydrogen-bond donors (Lipinski definition) is 0. The molecule has 0 aliphatic heterocycles. The van der Waals surface area contributed by atoms with Crippen LogP contribution in [0, 0.1) is 17.5 Å². The molecule has 0 atom stereocenters. The number of carbonyl (C=O) groups is 2. The van der Waals surface area contributed by atoms with Gasteiger partial charge in [-0.2, -0.15) is 0 Å². The third-order valence-electron chi connectivity index (χ3n) is 1.92. The van der Waals surface area contributed by atoms with Crippen LogP contribution >= 0.6 is 0 Å². The Hall–Kier alpha value is -1.85. The summed E-state index contributed by atoms with van der Waals surface area (Å²) >= 11 is 0. The number of rotatable bonds is 3. The van der Waals surface area contributed by atoms with E-state index in [1.807, 2.05) is 0 Å². The molecule has 0 unspecified atom stereocenters. The highest BCUT2D eigenvalue weighted by molar-refractivity contribution is 5.96. The van der Waals surface area contributed by atoms with Crippen molar-refractivity contribution < 1.29 is 27.5 Å². The van der Waals surface area contributed by atoms with Crippen molar-refractivity contribution in [1.82, 2.24) is 0 Å². The van der Waals surface area contributed by atoms with Crippen molar-refractivity contribution >= 4 is 11.9 Å². The number of hydrogen-bond acceptors (Lipinski definition) is 3. The van der Waals surface area contributed by atoms with E-state index in [-0.39, 0.29) is 6.42 Å². The Bertz CT molecular complexity index is 458. The third kappa shape index (κ3) is 3.05. The van der Waals surface area contributed by atoms with E-state index >= 15 is 0 Å². The van der Waals surface area contributed by atoms with E-state index in [1.54, 1.807) is 6.92 Å². The van der Waals surface area contributed by atoms with Gasteiger partial charge in [-0.15, -0.1) is 0 Å². The van der Waals surface area contributed by atoms with E-state index in [0.29, 0.717) is 12.5 Å². The van der Waals surface area contributed by atoms with Crippen molar-refractivity contribution in [2.24, 2.45) is 0 Å². The first kappa shape index (κ1) is 13.2. The summed E-state index contributed by atoms with van der Waals surface area (Å²) in [4.78, 5) is 22.2. The van der Waals surface area contributed by atoms with Gasteiger partial charge in [0.2, 0.25) is 0 Å². The van der Waals surface area contributed by atoms with Crippen LogP contribution in [0.1, 0.15) is 30.1 Å². The van der Waals surface area contributed by atoms with Gasteiger partial charge in [0.15, 0.2) is 17.5 Å². The minimum Gasteiger partial charge on any atom is -0.389 e. The normalized spacial score (nSPS) is 10.1. The second kappa shape index (κ2) is 5.47. The highest BCUT2D eigenvalue weighted by Crippen LogP contribution is 2.16. The molecule has 0 heterocycles. The molecule has 0 N–H and O–H groups in total. The monoisotopic (exact) mass is 246 g/mol. The summed E-state index contributed by atoms with van der Waals surface area (Å²) in [6, 6.07) is 1.30. The van der Waals surface area contributed by atoms with Crippen LogP contribution < -0.4 is 0 Å². The maximum Gasteiger partial charge on any atom is 0.348 e. The van der Waals surface area contributed by atoms with Crippen LogP contribution in [0.5, 0.6) is 0 Å². The molecule has 1 aromatic rings. The SMILES string of the molecule is CCCC(=O)OC(=O)c1ccc(F)c(F)c1F. The number of benzene rings is 1. The predicted molar refractivity (Wildman–Crippen MR) is 51.6 cm³/mol. The Morgan fingerprint density at radius 1 is 1.18 bits per heavy atom. The molecule has 0 radical (unpaired) electrons. The van der Waals surface area contributed by atoms with Crippen molar-refractivity contribution in [2.75, 3.05) is 0 Å². The number of carbonyl (C=O) groups excluding carboxylic acids is 2. The second-order valence-corrected chi connectivity index (χ2v) is 3.23. The molecule has 1 rings (SSSR count). The van der Waals surface area contributed by atoms with Gasteiger partial charge in [0.25, 0.3) is 0 Å². The van der Waals surface area contributed by atoms with Crippen LogP contribution in [0.4, 0.5) is 13.2 Å². The molecule has 0 saturated heterocycles. The quantitative estimate of drug-likeness (QED) is 0.467. The van der Waals surface area contributed by atoms with Crippen LogP contribution in [-0.2, 0) is 9.53 Å². The molecule has 17 heavy (non-hydrogen) atoms. The summed E-state index contributed by atoms with van der Waals surface area (Å²) in [5.74, 6) is -7.04. The zero-order valence-corrected chi connectivity index (χ0v) is 8.93. The van der Waals surface area contributed by atoms with Gasteiger partial charge < -0.3 is 4.74 Å². The molecule has 3 nitrogen and oxygen atoms in total. The molecule has 0 aromatic heterocycles. The van der Waals surface area contributed by atoms with Crippen molar-refractivity contribution in [2.45, 2.75) is 19.8 Å². The summed E-state index contributed by atoms with van der Waals surface area (Å²) in [5.41, 5.74) is -0.812. The molecular weight excluding hydrogens is 237 g/mol. The topological polar surface area (TPSA) is 43.4 Å². The lowest BCUT2D eigenvalue weighted by atomic mass is 10.2. The lowest BCUT2D eigenvalue weighted by molar-refractivity contribution is -0.138. The largest absolute Gasteiger partial charge is 0.389 e. The van der Waals surface area contributed by atoms with Gasteiger partial charge in [0, 0.05) is 6.42 Å². The van der Waals surface area contributed by atoms with Crippen molar-refractivity contribution in [1.29, 1.82) is 0 Å². The summed E-state index contributed by atoms with van der Waals surface area (Å²) in [6.45, 7) is 1.68. The summed E-state index contributed by atoms with van der Waals surface area (Å²) < 4.78 is 42.7. The molecule has 0 aliphatic rings. The van der Waals surface area contributed by atoms with Gasteiger partial charge in [-0.05, 0) is 18.6 Å². The predicted octanol–water partition coefficient (Wildman–Crippen LogP) is 2.59. The van der Waals surface area contributed by atoms with E-state index in [4.69, 9.17) is 0 Å². The fraction of sp³-hybridized carbons (Fsp3) is 0.273. The molecule has 0 amide bonds. The van der Waals surface area contributed by atoms with Crippen LogP contribution in [0.25, 0.3) is 0 Å². The maximum absolute atomic E-state index is 13.1. The van der Waals surface area contributed by atoms with Crippen molar-refractivity contribution in [3.63, 3.8) is 0 Å². The summed E-state index contributed by atoms with van der Waals surface area (Å²) in [7, 11) is 0. The van der Waals surface area contributed by atoms with E-state index in [9.17, 15) is 22.8 Å². The molecule has 0 spiro atoms.